The molecule has 1 aromatic rings. The van der Waals surface area contributed by atoms with E-state index >= 15 is 0 Å². The lowest BCUT2D eigenvalue weighted by Crippen LogP contribution is -2.44. The Morgan fingerprint density at radius 3 is 2.50 bits per heavy atom. The van der Waals surface area contributed by atoms with Crippen LogP contribution in [0.3, 0.4) is 0 Å². The monoisotopic (exact) mass is 379 g/mol. The van der Waals surface area contributed by atoms with Gasteiger partial charge in [-0.2, -0.15) is 0 Å². The first-order valence-corrected chi connectivity index (χ1v) is 10.7. The molecule has 3 amide bonds. The molecule has 1 unspecified atom stereocenters. The molecular weight excluding hydrogens is 354 g/mol. The zero-order valence-corrected chi connectivity index (χ0v) is 16.0. The number of amides is 3. The van der Waals surface area contributed by atoms with Crippen LogP contribution in [0.25, 0.3) is 0 Å². The van der Waals surface area contributed by atoms with Gasteiger partial charge in [0, 0.05) is 24.8 Å². The summed E-state index contributed by atoms with van der Waals surface area (Å²) in [5, 5.41) is 2.73. The molecule has 0 aliphatic carbocycles. The van der Waals surface area contributed by atoms with E-state index in [2.05, 4.69) is 19.2 Å². The number of nitrogens with one attached hydrogen (secondary N) is 1. The molecule has 2 aliphatic rings. The second kappa shape index (κ2) is 7.26. The first-order chi connectivity index (χ1) is 12.2. The highest BCUT2D eigenvalue weighted by molar-refractivity contribution is 7.91. The molecule has 2 heterocycles. The van der Waals surface area contributed by atoms with Gasteiger partial charge in [-0.25, -0.2) is 13.2 Å². The van der Waals surface area contributed by atoms with Gasteiger partial charge in [-0.15, -0.1) is 0 Å². The molecule has 0 radical (unpaired) electrons. The van der Waals surface area contributed by atoms with Gasteiger partial charge >= 0.3 is 6.03 Å². The van der Waals surface area contributed by atoms with Crippen molar-refractivity contribution >= 4 is 27.5 Å². The minimum Gasteiger partial charge on any atom is -0.351 e. The Morgan fingerprint density at radius 2 is 1.92 bits per heavy atom. The standard InChI is InChI=1S/C18H25N3O4S/c1-13(2)14-3-5-16(6-4-14)21-9-8-20(18(21)23)11-17(22)19-15-7-10-26(24,25)12-15/h3-6,13,15H,7-12H2,1-2H3,(H,19,22). The lowest BCUT2D eigenvalue weighted by atomic mass is 10.0. The molecule has 26 heavy (non-hydrogen) atoms. The Balaban J connectivity index is 1.56. The summed E-state index contributed by atoms with van der Waals surface area (Å²) in [4.78, 5) is 27.9. The van der Waals surface area contributed by atoms with Crippen LogP contribution in [-0.2, 0) is 14.6 Å². The normalized spacial score (nSPS) is 22.3. The van der Waals surface area contributed by atoms with Crippen LogP contribution >= 0.6 is 0 Å². The van der Waals surface area contributed by atoms with Crippen molar-refractivity contribution in [3.63, 3.8) is 0 Å². The molecule has 0 aromatic heterocycles. The SMILES string of the molecule is CC(C)c1ccc(N2CCN(CC(=O)NC3CCS(=O)(=O)C3)C2=O)cc1. The number of nitrogens with zero attached hydrogens (tertiary/aromatic N) is 2. The first kappa shape index (κ1) is 18.7. The van der Waals surface area contributed by atoms with E-state index in [4.69, 9.17) is 0 Å². The fourth-order valence-corrected chi connectivity index (χ4v) is 5.04. The molecule has 7 nitrogen and oxygen atoms in total. The highest BCUT2D eigenvalue weighted by Gasteiger charge is 2.33. The number of rotatable bonds is 5. The van der Waals surface area contributed by atoms with E-state index in [-0.39, 0.29) is 36.0 Å². The van der Waals surface area contributed by atoms with E-state index in [1.807, 2.05) is 24.3 Å². The number of carbonyl (C=O) groups excluding carboxylic acids is 2. The van der Waals surface area contributed by atoms with Gasteiger partial charge in [-0.05, 0) is 30.0 Å². The van der Waals surface area contributed by atoms with E-state index in [9.17, 15) is 18.0 Å². The van der Waals surface area contributed by atoms with Crippen LogP contribution in [0.15, 0.2) is 24.3 Å². The van der Waals surface area contributed by atoms with Crippen LogP contribution in [0.1, 0.15) is 31.7 Å². The average molecular weight is 379 g/mol. The highest BCUT2D eigenvalue weighted by Crippen LogP contribution is 2.23. The molecular formula is C18H25N3O4S. The summed E-state index contributed by atoms with van der Waals surface area (Å²) < 4.78 is 22.9. The molecule has 1 N–H and O–H groups in total. The van der Waals surface area contributed by atoms with Crippen LogP contribution in [-0.4, -0.2) is 62.4 Å². The second-order valence-electron chi connectivity index (χ2n) is 7.27. The van der Waals surface area contributed by atoms with E-state index in [1.54, 1.807) is 4.90 Å². The lowest BCUT2D eigenvalue weighted by Gasteiger charge is -2.20. The summed E-state index contributed by atoms with van der Waals surface area (Å²) in [6, 6.07) is 7.36. The Hall–Kier alpha value is -2.09. The molecule has 2 saturated heterocycles. The van der Waals surface area contributed by atoms with Crippen molar-refractivity contribution in [3.8, 4) is 0 Å². The first-order valence-electron chi connectivity index (χ1n) is 8.91. The Bertz CT molecular complexity index is 789. The number of carbonyl (C=O) groups is 2. The zero-order chi connectivity index (χ0) is 18.9. The molecule has 2 aliphatic heterocycles. The summed E-state index contributed by atoms with van der Waals surface area (Å²) in [5.41, 5.74) is 2.03. The van der Waals surface area contributed by atoms with Gasteiger partial charge in [0.25, 0.3) is 0 Å². The molecule has 8 heteroatoms. The fraction of sp³-hybridized carbons (Fsp3) is 0.556. The van der Waals surface area contributed by atoms with Crippen LogP contribution in [0.2, 0.25) is 0 Å². The van der Waals surface area contributed by atoms with E-state index in [0.717, 1.165) is 5.69 Å². The van der Waals surface area contributed by atoms with E-state index in [1.165, 1.54) is 10.5 Å². The summed E-state index contributed by atoms with van der Waals surface area (Å²) in [6.45, 7) is 5.19. The topological polar surface area (TPSA) is 86.8 Å². The number of urea groups is 1. The fourth-order valence-electron chi connectivity index (χ4n) is 3.36. The van der Waals surface area contributed by atoms with Crippen molar-refractivity contribution < 1.29 is 18.0 Å². The maximum atomic E-state index is 12.6. The predicted molar refractivity (Wildman–Crippen MR) is 100 cm³/mol. The summed E-state index contributed by atoms with van der Waals surface area (Å²) in [5.74, 6) is 0.220. The van der Waals surface area contributed by atoms with Crippen LogP contribution in [0.4, 0.5) is 10.5 Å². The van der Waals surface area contributed by atoms with Crippen molar-refractivity contribution in [2.75, 3.05) is 36.0 Å². The van der Waals surface area contributed by atoms with Gasteiger partial charge in [0.1, 0.15) is 6.54 Å². The smallest absolute Gasteiger partial charge is 0.325 e. The summed E-state index contributed by atoms with van der Waals surface area (Å²) in [7, 11) is -3.04. The van der Waals surface area contributed by atoms with Crippen LogP contribution < -0.4 is 10.2 Å². The van der Waals surface area contributed by atoms with Gasteiger partial charge in [-0.3, -0.25) is 9.69 Å². The van der Waals surface area contributed by atoms with Crippen molar-refractivity contribution in [1.29, 1.82) is 0 Å². The maximum absolute atomic E-state index is 12.6. The van der Waals surface area contributed by atoms with Crippen molar-refractivity contribution in [1.82, 2.24) is 10.2 Å². The molecule has 0 spiro atoms. The van der Waals surface area contributed by atoms with Gasteiger partial charge in [-0.1, -0.05) is 26.0 Å². The number of benzene rings is 1. The van der Waals surface area contributed by atoms with Gasteiger partial charge in [0.15, 0.2) is 9.84 Å². The third kappa shape index (κ3) is 4.17. The van der Waals surface area contributed by atoms with Gasteiger partial charge < -0.3 is 10.2 Å². The van der Waals surface area contributed by atoms with Crippen molar-refractivity contribution in [2.45, 2.75) is 32.2 Å². The maximum Gasteiger partial charge on any atom is 0.325 e. The van der Waals surface area contributed by atoms with Crippen LogP contribution in [0, 0.1) is 0 Å². The molecule has 3 rings (SSSR count). The van der Waals surface area contributed by atoms with E-state index in [0.29, 0.717) is 25.4 Å². The van der Waals surface area contributed by atoms with E-state index < -0.39 is 9.84 Å². The largest absolute Gasteiger partial charge is 0.351 e. The molecule has 0 bridgehead atoms. The zero-order valence-electron chi connectivity index (χ0n) is 15.1. The number of hydrogen-bond acceptors (Lipinski definition) is 4. The van der Waals surface area contributed by atoms with Crippen LogP contribution in [0.5, 0.6) is 0 Å². The van der Waals surface area contributed by atoms with Crippen molar-refractivity contribution in [3.05, 3.63) is 29.8 Å². The molecule has 1 aromatic carbocycles. The third-order valence-corrected chi connectivity index (χ3v) is 6.67. The Morgan fingerprint density at radius 1 is 1.23 bits per heavy atom. The molecule has 142 valence electrons. The van der Waals surface area contributed by atoms with Gasteiger partial charge in [0.2, 0.25) is 5.91 Å². The highest BCUT2D eigenvalue weighted by atomic mass is 32.2. The second-order valence-corrected chi connectivity index (χ2v) is 9.50. The van der Waals surface area contributed by atoms with Gasteiger partial charge in [0.05, 0.1) is 11.5 Å². The number of sulfone groups is 1. The Kier molecular flexibility index (Phi) is 5.22. The molecule has 1 atom stereocenters. The number of hydrogen-bond donors (Lipinski definition) is 1. The Labute approximate surface area is 154 Å². The van der Waals surface area contributed by atoms with Crippen molar-refractivity contribution in [2.24, 2.45) is 0 Å². The lowest BCUT2D eigenvalue weighted by molar-refractivity contribution is -0.122. The average Bonchev–Trinajstić information content (AvgIpc) is 3.10. The minimum atomic E-state index is -3.04. The molecule has 2 fully saturated rings. The third-order valence-electron chi connectivity index (χ3n) is 4.90. The predicted octanol–water partition coefficient (Wildman–Crippen LogP) is 1.36. The number of anilines is 1. The minimum absolute atomic E-state index is 0.0129. The molecule has 0 saturated carbocycles. The summed E-state index contributed by atoms with van der Waals surface area (Å²) >= 11 is 0. The quantitative estimate of drug-likeness (QED) is 0.837. The summed E-state index contributed by atoms with van der Waals surface area (Å²) in [6.07, 6.45) is 0.441.